The van der Waals surface area contributed by atoms with Crippen molar-refractivity contribution < 1.29 is 14.0 Å². The molecular weight excluding hydrogens is 317 g/mol. The summed E-state index contributed by atoms with van der Waals surface area (Å²) in [5.74, 6) is -0.277. The fourth-order valence-corrected chi connectivity index (χ4v) is 2.96. The van der Waals surface area contributed by atoms with Crippen molar-refractivity contribution in [2.24, 2.45) is 0 Å². The van der Waals surface area contributed by atoms with E-state index in [0.29, 0.717) is 10.0 Å². The Morgan fingerprint density at radius 1 is 1.40 bits per heavy atom. The van der Waals surface area contributed by atoms with E-state index in [1.807, 2.05) is 0 Å². The Morgan fingerprint density at radius 3 is 2.45 bits per heavy atom. The first-order valence-corrected chi connectivity index (χ1v) is 9.70. The molecule has 0 fully saturated rings. The van der Waals surface area contributed by atoms with Crippen LogP contribution in [0.25, 0.3) is 0 Å². The predicted molar refractivity (Wildman–Crippen MR) is 80.6 cm³/mol. The molecule has 1 atom stereocenters. The van der Waals surface area contributed by atoms with Gasteiger partial charge in [-0.25, -0.2) is 4.79 Å². The number of halogens is 2. The van der Waals surface area contributed by atoms with Crippen LogP contribution in [0.2, 0.25) is 28.7 Å². The molecule has 1 unspecified atom stereocenters. The number of rotatable bonds is 5. The summed E-state index contributed by atoms with van der Waals surface area (Å²) < 4.78 is 10.6. The van der Waals surface area contributed by atoms with Crippen molar-refractivity contribution in [3.05, 3.63) is 28.2 Å². The van der Waals surface area contributed by atoms with Crippen molar-refractivity contribution in [2.45, 2.75) is 25.6 Å². The molecule has 4 nitrogen and oxygen atoms in total. The van der Waals surface area contributed by atoms with Crippen LogP contribution in [0.15, 0.2) is 18.2 Å². The van der Waals surface area contributed by atoms with Crippen molar-refractivity contribution in [1.29, 1.82) is 5.26 Å². The Hall–Kier alpha value is -1.22. The van der Waals surface area contributed by atoms with Gasteiger partial charge in [0.25, 0.3) is 8.32 Å². The number of hydrogen-bond donors (Lipinski definition) is 0. The van der Waals surface area contributed by atoms with E-state index in [2.05, 4.69) is 6.07 Å². The lowest BCUT2D eigenvalue weighted by Crippen LogP contribution is -2.38. The molecule has 0 spiro atoms. The third kappa shape index (κ3) is 4.41. The topological polar surface area (TPSA) is 59.3 Å². The van der Waals surface area contributed by atoms with Crippen LogP contribution in [0.4, 0.5) is 0 Å². The highest BCUT2D eigenvalue weighted by Gasteiger charge is 2.34. The summed E-state index contributed by atoms with van der Waals surface area (Å²) in [6, 6.07) is 7.02. The molecular formula is C13H15Cl2NO3Si. The molecule has 20 heavy (non-hydrogen) atoms. The summed E-state index contributed by atoms with van der Waals surface area (Å²) >= 11 is 11.8. The summed E-state index contributed by atoms with van der Waals surface area (Å²) in [4.78, 5) is 11.8. The van der Waals surface area contributed by atoms with Crippen LogP contribution in [-0.2, 0) is 9.22 Å². The molecule has 0 aliphatic rings. The fourth-order valence-electron chi connectivity index (χ4n) is 1.32. The average Bonchev–Trinajstić information content (AvgIpc) is 2.36. The van der Waals surface area contributed by atoms with Gasteiger partial charge in [-0.3, -0.25) is 0 Å². The van der Waals surface area contributed by atoms with Gasteiger partial charge < -0.3 is 9.16 Å². The molecule has 0 radical (unpaired) electrons. The van der Waals surface area contributed by atoms with Gasteiger partial charge in [0.2, 0.25) is 0 Å². The van der Waals surface area contributed by atoms with Crippen molar-refractivity contribution in [3.8, 4) is 11.8 Å². The zero-order chi connectivity index (χ0) is 15.3. The number of carbonyl (C=O) groups excluding carboxylic acids is 1. The first-order valence-electron chi connectivity index (χ1n) is 5.96. The number of para-hydroxylation sites is 1. The van der Waals surface area contributed by atoms with Gasteiger partial charge in [-0.2, -0.15) is 5.26 Å². The summed E-state index contributed by atoms with van der Waals surface area (Å²) in [5.41, 5.74) is -0.296. The summed E-state index contributed by atoms with van der Waals surface area (Å²) in [5, 5.41) is 9.54. The van der Waals surface area contributed by atoms with E-state index in [1.54, 1.807) is 38.2 Å². The molecule has 1 aromatic carbocycles. The molecule has 1 rings (SSSR count). The minimum Gasteiger partial charge on any atom is -0.516 e. The number of hydrogen-bond acceptors (Lipinski definition) is 4. The lowest BCUT2D eigenvalue weighted by atomic mass is 10.3. The van der Waals surface area contributed by atoms with Crippen molar-refractivity contribution >= 4 is 37.5 Å². The molecule has 108 valence electrons. The molecule has 0 aliphatic heterocycles. The maximum atomic E-state index is 11.8. The van der Waals surface area contributed by atoms with Crippen LogP contribution in [-0.4, -0.2) is 20.9 Å². The lowest BCUT2D eigenvalue weighted by molar-refractivity contribution is -0.137. The van der Waals surface area contributed by atoms with Gasteiger partial charge in [-0.15, -0.1) is 0 Å². The minimum atomic E-state index is -2.39. The van der Waals surface area contributed by atoms with Gasteiger partial charge in [-0.05, 0) is 32.2 Å². The van der Waals surface area contributed by atoms with Crippen LogP contribution >= 0.6 is 23.2 Å². The minimum absolute atomic E-state index is 0.251. The monoisotopic (exact) mass is 331 g/mol. The van der Waals surface area contributed by atoms with Crippen molar-refractivity contribution in [3.63, 3.8) is 0 Å². The van der Waals surface area contributed by atoms with Gasteiger partial charge >= 0.3 is 5.97 Å². The zero-order valence-electron chi connectivity index (χ0n) is 11.4. The van der Waals surface area contributed by atoms with Gasteiger partial charge in [0.15, 0.2) is 12.4 Å². The third-order valence-corrected chi connectivity index (χ3v) is 6.43. The lowest BCUT2D eigenvalue weighted by Gasteiger charge is -2.24. The molecule has 0 amide bonds. The Morgan fingerprint density at radius 2 is 1.95 bits per heavy atom. The van der Waals surface area contributed by atoms with Gasteiger partial charge in [0, 0.05) is 0 Å². The molecule has 0 saturated heterocycles. The van der Waals surface area contributed by atoms with Crippen molar-refractivity contribution in [1.82, 2.24) is 0 Å². The standard InChI is InChI=1S/C13H15Cl2NO3Si/c1-9(7-16)20(2,3)19-12(17)8-18-13-10(14)5-4-6-11(13)15/h4-6,9H,8H2,1-3H3. The van der Waals surface area contributed by atoms with E-state index < -0.39 is 14.3 Å². The molecule has 0 saturated carbocycles. The van der Waals surface area contributed by atoms with Crippen LogP contribution < -0.4 is 4.74 Å². The first kappa shape index (κ1) is 16.8. The molecule has 0 aromatic heterocycles. The second-order valence-corrected chi connectivity index (χ2v) is 9.86. The largest absolute Gasteiger partial charge is 0.516 e. The Bertz CT molecular complexity index is 523. The molecule has 7 heteroatoms. The van der Waals surface area contributed by atoms with E-state index in [1.165, 1.54) is 0 Å². The van der Waals surface area contributed by atoms with Gasteiger partial charge in [-0.1, -0.05) is 29.3 Å². The predicted octanol–water partition coefficient (Wildman–Crippen LogP) is 4.03. The second kappa shape index (κ2) is 6.98. The Labute approximate surface area is 129 Å². The van der Waals surface area contributed by atoms with Crippen molar-refractivity contribution in [2.75, 3.05) is 6.61 Å². The maximum Gasteiger partial charge on any atom is 0.330 e. The highest BCUT2D eigenvalue weighted by molar-refractivity contribution is 6.74. The Balaban J connectivity index is 2.63. The fraction of sp³-hybridized carbons (Fsp3) is 0.385. The zero-order valence-corrected chi connectivity index (χ0v) is 14.0. The van der Waals surface area contributed by atoms with E-state index in [-0.39, 0.29) is 17.9 Å². The molecule has 0 N–H and O–H groups in total. The SMILES string of the molecule is CC(C#N)[Si](C)(C)OC(=O)COc1c(Cl)cccc1Cl. The van der Waals surface area contributed by atoms with Crippen LogP contribution in [0.1, 0.15) is 6.92 Å². The molecule has 0 bridgehead atoms. The number of carbonyl (C=O) groups is 1. The summed E-state index contributed by atoms with van der Waals surface area (Å²) in [7, 11) is -2.39. The smallest absolute Gasteiger partial charge is 0.330 e. The first-order chi connectivity index (χ1) is 9.27. The highest BCUT2D eigenvalue weighted by atomic mass is 35.5. The third-order valence-electron chi connectivity index (χ3n) is 2.87. The molecule has 0 heterocycles. The van der Waals surface area contributed by atoms with E-state index in [9.17, 15) is 4.79 Å². The highest BCUT2D eigenvalue weighted by Crippen LogP contribution is 2.32. The van der Waals surface area contributed by atoms with Crippen LogP contribution in [0, 0.1) is 11.3 Å². The normalized spacial score (nSPS) is 12.4. The van der Waals surface area contributed by atoms with E-state index in [4.69, 9.17) is 37.6 Å². The maximum absolute atomic E-state index is 11.8. The van der Waals surface area contributed by atoms with Gasteiger partial charge in [0.05, 0.1) is 21.7 Å². The number of nitrogens with zero attached hydrogens (tertiary/aromatic N) is 1. The van der Waals surface area contributed by atoms with Crippen LogP contribution in [0.5, 0.6) is 5.75 Å². The van der Waals surface area contributed by atoms with Gasteiger partial charge in [0.1, 0.15) is 0 Å². The number of benzene rings is 1. The summed E-state index contributed by atoms with van der Waals surface area (Å²) in [6.45, 7) is 5.06. The van der Waals surface area contributed by atoms with E-state index in [0.717, 1.165) is 0 Å². The van der Waals surface area contributed by atoms with E-state index >= 15 is 0 Å². The molecule has 0 aliphatic carbocycles. The van der Waals surface area contributed by atoms with Crippen LogP contribution in [0.3, 0.4) is 0 Å². The number of ether oxygens (including phenoxy) is 1. The summed E-state index contributed by atoms with van der Waals surface area (Å²) in [6.07, 6.45) is 0. The average molecular weight is 332 g/mol. The quantitative estimate of drug-likeness (QED) is 0.764. The second-order valence-electron chi connectivity index (χ2n) is 4.77. The number of nitriles is 1. The Kier molecular flexibility index (Phi) is 5.87. The molecule has 1 aromatic rings.